The van der Waals surface area contributed by atoms with Crippen molar-refractivity contribution < 1.29 is 14.0 Å². The van der Waals surface area contributed by atoms with Crippen LogP contribution >= 0.6 is 23.2 Å². The number of benzene rings is 2. The highest BCUT2D eigenvalue weighted by Crippen LogP contribution is 2.57. The van der Waals surface area contributed by atoms with Crippen LogP contribution in [0.25, 0.3) is 0 Å². The highest BCUT2D eigenvalue weighted by atomic mass is 35.5. The lowest BCUT2D eigenvalue weighted by Gasteiger charge is -2.37. The molecule has 5 rings (SSSR count). The van der Waals surface area contributed by atoms with Crippen LogP contribution in [0.15, 0.2) is 36.4 Å². The van der Waals surface area contributed by atoms with E-state index in [0.29, 0.717) is 17.1 Å². The molecule has 2 heterocycles. The van der Waals surface area contributed by atoms with Crippen LogP contribution in [0, 0.1) is 11.2 Å². The molecule has 3 N–H and O–H groups in total. The molecule has 3 aliphatic rings. The second-order valence-electron chi connectivity index (χ2n) is 10.9. The number of carbonyl (C=O) groups excluding carboxylic acids is 2. The molecule has 34 heavy (non-hydrogen) atoms. The Bertz CT molecular complexity index is 1180. The zero-order valence-electron chi connectivity index (χ0n) is 19.3. The zero-order chi connectivity index (χ0) is 24.4. The monoisotopic (exact) mass is 503 g/mol. The number of halogens is 3. The first-order valence-electron chi connectivity index (χ1n) is 11.6. The first kappa shape index (κ1) is 23.6. The minimum Gasteiger partial charge on any atom is -0.352 e. The Morgan fingerprint density at radius 1 is 1.21 bits per heavy atom. The van der Waals surface area contributed by atoms with E-state index in [0.717, 1.165) is 18.4 Å². The Morgan fingerprint density at radius 3 is 2.62 bits per heavy atom. The molecule has 2 aromatic rings. The van der Waals surface area contributed by atoms with E-state index in [9.17, 15) is 9.59 Å². The van der Waals surface area contributed by atoms with E-state index < -0.39 is 29.2 Å². The highest BCUT2D eigenvalue weighted by molar-refractivity contribution is 6.31. The van der Waals surface area contributed by atoms with Gasteiger partial charge < -0.3 is 16.0 Å². The third-order valence-corrected chi connectivity index (χ3v) is 7.67. The van der Waals surface area contributed by atoms with Gasteiger partial charge in [-0.05, 0) is 54.0 Å². The van der Waals surface area contributed by atoms with Gasteiger partial charge in [0.2, 0.25) is 11.8 Å². The summed E-state index contributed by atoms with van der Waals surface area (Å²) in [5, 5.41) is 9.97. The molecule has 0 unspecified atom stereocenters. The van der Waals surface area contributed by atoms with Crippen molar-refractivity contribution in [1.29, 1.82) is 0 Å². The summed E-state index contributed by atoms with van der Waals surface area (Å²) >= 11 is 12.4. The van der Waals surface area contributed by atoms with E-state index in [4.69, 9.17) is 23.2 Å². The van der Waals surface area contributed by atoms with Gasteiger partial charge in [0, 0.05) is 28.7 Å². The largest absolute Gasteiger partial charge is 0.352 e. The average molecular weight is 504 g/mol. The van der Waals surface area contributed by atoms with Crippen molar-refractivity contribution >= 4 is 40.7 Å². The number of fused-ring (bicyclic) bond motifs is 2. The zero-order valence-corrected chi connectivity index (χ0v) is 20.9. The van der Waals surface area contributed by atoms with Gasteiger partial charge in [0.05, 0.1) is 11.1 Å². The number of anilines is 1. The molecule has 5 nitrogen and oxygen atoms in total. The fourth-order valence-electron chi connectivity index (χ4n) is 5.67. The van der Waals surface area contributed by atoms with Gasteiger partial charge in [-0.1, -0.05) is 62.2 Å². The molecule has 2 fully saturated rings. The van der Waals surface area contributed by atoms with Gasteiger partial charge in [0.25, 0.3) is 0 Å². The summed E-state index contributed by atoms with van der Waals surface area (Å²) in [4.78, 5) is 27.5. The van der Waals surface area contributed by atoms with E-state index in [1.54, 1.807) is 24.3 Å². The fourth-order valence-corrected chi connectivity index (χ4v) is 6.02. The molecule has 1 saturated carbocycles. The number of nitrogens with one attached hydrogen (secondary N) is 3. The minimum absolute atomic E-state index is 0.0389. The summed E-state index contributed by atoms with van der Waals surface area (Å²) in [5.41, 5.74) is 0.179. The molecule has 0 bridgehead atoms. The van der Waals surface area contributed by atoms with Crippen LogP contribution in [-0.4, -0.2) is 29.9 Å². The van der Waals surface area contributed by atoms with E-state index in [1.165, 1.54) is 6.07 Å². The van der Waals surface area contributed by atoms with Crippen LogP contribution in [0.3, 0.4) is 0 Å². The van der Waals surface area contributed by atoms with E-state index in [-0.39, 0.29) is 33.9 Å². The van der Waals surface area contributed by atoms with Gasteiger partial charge in [-0.2, -0.15) is 0 Å². The molecule has 4 atom stereocenters. The molecule has 8 heteroatoms. The van der Waals surface area contributed by atoms with Crippen LogP contribution in [0.2, 0.25) is 10.0 Å². The van der Waals surface area contributed by atoms with Gasteiger partial charge >= 0.3 is 0 Å². The number of rotatable bonds is 4. The quantitative estimate of drug-likeness (QED) is 0.539. The van der Waals surface area contributed by atoms with Crippen molar-refractivity contribution in [3.05, 3.63) is 63.4 Å². The second-order valence-corrected chi connectivity index (χ2v) is 11.7. The van der Waals surface area contributed by atoms with Crippen LogP contribution < -0.4 is 16.0 Å². The molecular weight excluding hydrogens is 476 g/mol. The first-order chi connectivity index (χ1) is 16.0. The Kier molecular flexibility index (Phi) is 5.70. The third-order valence-electron chi connectivity index (χ3n) is 7.14. The molecule has 2 amide bonds. The summed E-state index contributed by atoms with van der Waals surface area (Å²) in [5.74, 6) is -1.90. The molecule has 0 aromatic heterocycles. The van der Waals surface area contributed by atoms with Gasteiger partial charge in [-0.25, -0.2) is 4.39 Å². The maximum Gasteiger partial charge on any atom is 0.238 e. The standard InChI is InChI=1S/C26H28Cl2FN3O2/c1-25(2,3)12-19-26(16-10-7-13(27)11-18(16)31-24(26)34)20(15-5-4-6-17(28)21(15)29)22(32-19)23(33)30-14-8-9-14/h4-7,10-11,14,19-20,22,32H,8-9,12H2,1-3H3,(H,30,33)(H,31,34)/t19-,20-,22+,26+/m0/s1. The van der Waals surface area contributed by atoms with Gasteiger partial charge in [0.15, 0.2) is 0 Å². The van der Waals surface area contributed by atoms with Crippen LogP contribution in [0.5, 0.6) is 0 Å². The van der Waals surface area contributed by atoms with Crippen LogP contribution in [0.4, 0.5) is 10.1 Å². The van der Waals surface area contributed by atoms with Crippen molar-refractivity contribution in [1.82, 2.24) is 10.6 Å². The molecular formula is C26H28Cl2FN3O2. The van der Waals surface area contributed by atoms with Gasteiger partial charge in [-0.3, -0.25) is 9.59 Å². The molecule has 2 aromatic carbocycles. The number of amides is 2. The summed E-state index contributed by atoms with van der Waals surface area (Å²) in [6, 6.07) is 8.93. The number of hydrogen-bond acceptors (Lipinski definition) is 3. The predicted octanol–water partition coefficient (Wildman–Crippen LogP) is 5.16. The van der Waals surface area contributed by atoms with Crippen molar-refractivity contribution in [2.24, 2.45) is 5.41 Å². The Labute approximate surface area is 208 Å². The first-order valence-corrected chi connectivity index (χ1v) is 12.4. The van der Waals surface area contributed by atoms with Crippen LogP contribution in [0.1, 0.15) is 57.1 Å². The van der Waals surface area contributed by atoms with E-state index in [1.807, 2.05) is 6.07 Å². The second kappa shape index (κ2) is 8.21. The van der Waals surface area contributed by atoms with Crippen molar-refractivity contribution in [2.75, 3.05) is 5.32 Å². The van der Waals surface area contributed by atoms with Crippen molar-refractivity contribution in [3.8, 4) is 0 Å². The lowest BCUT2D eigenvalue weighted by molar-refractivity contribution is -0.124. The molecule has 1 spiro atoms. The van der Waals surface area contributed by atoms with Gasteiger partial charge in [0.1, 0.15) is 11.2 Å². The fraction of sp³-hybridized carbons (Fsp3) is 0.462. The summed E-state index contributed by atoms with van der Waals surface area (Å²) in [6.45, 7) is 6.26. The Balaban J connectivity index is 1.75. The molecule has 0 radical (unpaired) electrons. The molecule has 1 saturated heterocycles. The van der Waals surface area contributed by atoms with Crippen molar-refractivity contribution in [3.63, 3.8) is 0 Å². The topological polar surface area (TPSA) is 70.2 Å². The lowest BCUT2D eigenvalue weighted by atomic mass is 9.62. The van der Waals surface area contributed by atoms with E-state index in [2.05, 4.69) is 36.7 Å². The number of carbonyl (C=O) groups is 2. The molecule has 2 aliphatic heterocycles. The van der Waals surface area contributed by atoms with Crippen molar-refractivity contribution in [2.45, 2.75) is 69.5 Å². The smallest absolute Gasteiger partial charge is 0.238 e. The summed E-state index contributed by atoms with van der Waals surface area (Å²) in [7, 11) is 0. The SMILES string of the molecule is CC(C)(C)C[C@@H]1N[C@@H](C(=O)NC2CC2)[C@H](c2cccc(Cl)c2F)[C@]12C(=O)Nc1cc(Cl)ccc12. The Morgan fingerprint density at radius 2 is 1.94 bits per heavy atom. The van der Waals surface area contributed by atoms with E-state index >= 15 is 4.39 Å². The number of hydrogen-bond donors (Lipinski definition) is 3. The predicted molar refractivity (Wildman–Crippen MR) is 132 cm³/mol. The highest BCUT2D eigenvalue weighted by Gasteiger charge is 2.66. The third kappa shape index (κ3) is 3.80. The average Bonchev–Trinajstić information content (AvgIpc) is 3.43. The van der Waals surface area contributed by atoms with Gasteiger partial charge in [-0.15, -0.1) is 0 Å². The summed E-state index contributed by atoms with van der Waals surface area (Å²) < 4.78 is 15.6. The molecule has 1 aliphatic carbocycles. The normalized spacial score (nSPS) is 28.2. The molecule has 180 valence electrons. The summed E-state index contributed by atoms with van der Waals surface area (Å²) in [6.07, 6.45) is 2.44. The van der Waals surface area contributed by atoms with Crippen LogP contribution in [-0.2, 0) is 15.0 Å². The maximum atomic E-state index is 15.6. The minimum atomic E-state index is -1.22. The maximum absolute atomic E-state index is 15.6. The Hall–Kier alpha value is -2.15. The lowest BCUT2D eigenvalue weighted by Crippen LogP contribution is -2.49.